The minimum atomic E-state index is -0.627. The molecule has 6 nitrogen and oxygen atoms in total. The summed E-state index contributed by atoms with van der Waals surface area (Å²) in [5.74, 6) is -0.641. The van der Waals surface area contributed by atoms with Gasteiger partial charge in [-0.1, -0.05) is 12.1 Å². The number of fused-ring (bicyclic) bond motifs is 1. The predicted octanol–water partition coefficient (Wildman–Crippen LogP) is 1.31. The lowest BCUT2D eigenvalue weighted by atomic mass is 10.2. The number of imide groups is 1. The number of benzene rings is 1. The summed E-state index contributed by atoms with van der Waals surface area (Å²) in [5.41, 5.74) is 1.09. The Morgan fingerprint density at radius 3 is 2.84 bits per heavy atom. The molecular weight excluding hydrogens is 270 g/mol. The second-order valence-electron chi connectivity index (χ2n) is 3.94. The number of urea groups is 1. The van der Waals surface area contributed by atoms with Crippen molar-refractivity contribution in [1.29, 1.82) is 0 Å². The number of halogens is 1. The number of nitrogens with one attached hydrogen (secondary N) is 2. The Morgan fingerprint density at radius 1 is 1.37 bits per heavy atom. The van der Waals surface area contributed by atoms with Crippen molar-refractivity contribution in [2.45, 2.75) is 6.42 Å². The van der Waals surface area contributed by atoms with Gasteiger partial charge in [0.15, 0.2) is 0 Å². The van der Waals surface area contributed by atoms with Crippen molar-refractivity contribution >= 4 is 40.8 Å². The van der Waals surface area contributed by atoms with E-state index in [2.05, 4.69) is 10.6 Å². The fourth-order valence-corrected chi connectivity index (χ4v) is 1.92. The van der Waals surface area contributed by atoms with Crippen LogP contribution in [-0.4, -0.2) is 30.3 Å². The van der Waals surface area contributed by atoms with Crippen molar-refractivity contribution in [2.24, 2.45) is 0 Å². The summed E-state index contributed by atoms with van der Waals surface area (Å²) < 4.78 is 0. The summed E-state index contributed by atoms with van der Waals surface area (Å²) in [6.07, 6.45) is 0.0506. The van der Waals surface area contributed by atoms with Crippen molar-refractivity contribution in [2.75, 3.05) is 22.6 Å². The maximum Gasteiger partial charge on any atom is 0.329 e. The molecule has 1 heterocycles. The molecule has 0 saturated heterocycles. The van der Waals surface area contributed by atoms with Gasteiger partial charge in [0, 0.05) is 12.3 Å². The van der Waals surface area contributed by atoms with Crippen LogP contribution < -0.4 is 15.5 Å². The Labute approximate surface area is 114 Å². The standard InChI is InChI=1S/C12H12ClN3O3/c13-6-5-10(17)15-12(19)16-7-11(18)14-8-3-1-2-4-9(8)16/h1-4H,5-7H2,(H,14,18)(H,15,17,19). The normalized spacial score (nSPS) is 13.5. The number of hydrogen-bond acceptors (Lipinski definition) is 3. The molecule has 0 unspecified atom stereocenters. The molecule has 0 spiro atoms. The summed E-state index contributed by atoms with van der Waals surface area (Å²) in [6.45, 7) is -0.128. The van der Waals surface area contributed by atoms with Gasteiger partial charge in [0.2, 0.25) is 11.8 Å². The molecule has 1 aliphatic heterocycles. The summed E-state index contributed by atoms with van der Waals surface area (Å²) in [6, 6.07) is 6.25. The van der Waals surface area contributed by atoms with Crippen LogP contribution in [-0.2, 0) is 9.59 Å². The average molecular weight is 282 g/mol. The minimum absolute atomic E-state index is 0.0506. The van der Waals surface area contributed by atoms with E-state index in [0.717, 1.165) is 0 Å². The molecule has 1 aromatic carbocycles. The molecule has 0 aliphatic carbocycles. The lowest BCUT2D eigenvalue weighted by Crippen LogP contribution is -2.48. The molecule has 100 valence electrons. The van der Waals surface area contributed by atoms with Gasteiger partial charge >= 0.3 is 6.03 Å². The van der Waals surface area contributed by atoms with Gasteiger partial charge in [-0.3, -0.25) is 19.8 Å². The van der Waals surface area contributed by atoms with Crippen LogP contribution in [0.3, 0.4) is 0 Å². The fourth-order valence-electron chi connectivity index (χ4n) is 1.75. The van der Waals surface area contributed by atoms with Crippen LogP contribution in [0.2, 0.25) is 0 Å². The highest BCUT2D eigenvalue weighted by Gasteiger charge is 2.27. The smallest absolute Gasteiger partial charge is 0.323 e. The molecule has 1 aromatic rings. The number of para-hydroxylation sites is 2. The van der Waals surface area contributed by atoms with E-state index in [0.29, 0.717) is 11.4 Å². The number of rotatable bonds is 2. The number of anilines is 2. The zero-order chi connectivity index (χ0) is 13.8. The van der Waals surface area contributed by atoms with Crippen LogP contribution in [0, 0.1) is 0 Å². The van der Waals surface area contributed by atoms with E-state index in [1.54, 1.807) is 24.3 Å². The predicted molar refractivity (Wildman–Crippen MR) is 71.3 cm³/mol. The van der Waals surface area contributed by atoms with Crippen LogP contribution in [0.4, 0.5) is 16.2 Å². The first kappa shape index (κ1) is 13.4. The first-order chi connectivity index (χ1) is 9.11. The van der Waals surface area contributed by atoms with Gasteiger partial charge in [0.05, 0.1) is 11.4 Å². The summed E-state index contributed by atoms with van der Waals surface area (Å²) in [7, 11) is 0. The molecule has 2 N–H and O–H groups in total. The average Bonchev–Trinajstić information content (AvgIpc) is 2.37. The fraction of sp³-hybridized carbons (Fsp3) is 0.250. The van der Waals surface area contributed by atoms with Crippen molar-refractivity contribution in [1.82, 2.24) is 5.32 Å². The number of carbonyl (C=O) groups excluding carboxylic acids is 3. The van der Waals surface area contributed by atoms with Gasteiger partial charge in [-0.2, -0.15) is 0 Å². The van der Waals surface area contributed by atoms with E-state index in [1.165, 1.54) is 4.90 Å². The largest absolute Gasteiger partial charge is 0.329 e. The van der Waals surface area contributed by atoms with Gasteiger partial charge in [0.25, 0.3) is 0 Å². The maximum absolute atomic E-state index is 12.0. The van der Waals surface area contributed by atoms with E-state index in [4.69, 9.17) is 11.6 Å². The first-order valence-electron chi connectivity index (χ1n) is 5.68. The molecule has 0 aromatic heterocycles. The third-order valence-corrected chi connectivity index (χ3v) is 2.77. The van der Waals surface area contributed by atoms with Crippen molar-refractivity contribution < 1.29 is 14.4 Å². The minimum Gasteiger partial charge on any atom is -0.323 e. The Kier molecular flexibility index (Phi) is 4.01. The van der Waals surface area contributed by atoms with E-state index >= 15 is 0 Å². The number of hydrogen-bond donors (Lipinski definition) is 2. The molecule has 2 rings (SSSR count). The molecule has 19 heavy (non-hydrogen) atoms. The molecule has 7 heteroatoms. The monoisotopic (exact) mass is 281 g/mol. The summed E-state index contributed by atoms with van der Waals surface area (Å²) in [5, 5.41) is 4.85. The zero-order valence-corrected chi connectivity index (χ0v) is 10.7. The Balaban J connectivity index is 2.18. The molecule has 4 amide bonds. The van der Waals surface area contributed by atoms with Crippen LogP contribution in [0.5, 0.6) is 0 Å². The molecule has 1 aliphatic rings. The lowest BCUT2D eigenvalue weighted by molar-refractivity contribution is -0.119. The third kappa shape index (κ3) is 3.03. The molecular formula is C12H12ClN3O3. The van der Waals surface area contributed by atoms with Crippen molar-refractivity contribution in [3.63, 3.8) is 0 Å². The topological polar surface area (TPSA) is 78.5 Å². The van der Waals surface area contributed by atoms with Gasteiger partial charge in [0.1, 0.15) is 6.54 Å². The number of nitrogens with zero attached hydrogens (tertiary/aromatic N) is 1. The number of carbonyl (C=O) groups is 3. The van der Waals surface area contributed by atoms with Crippen LogP contribution >= 0.6 is 11.6 Å². The molecule has 0 radical (unpaired) electrons. The highest BCUT2D eigenvalue weighted by atomic mass is 35.5. The van der Waals surface area contributed by atoms with Crippen LogP contribution in [0.1, 0.15) is 6.42 Å². The molecule has 0 fully saturated rings. The van der Waals surface area contributed by atoms with E-state index < -0.39 is 11.9 Å². The van der Waals surface area contributed by atoms with Gasteiger partial charge in [-0.25, -0.2) is 4.79 Å². The second kappa shape index (κ2) is 5.71. The number of alkyl halides is 1. The Bertz CT molecular complexity index is 533. The molecule has 0 atom stereocenters. The van der Waals surface area contributed by atoms with Crippen LogP contribution in [0.15, 0.2) is 24.3 Å². The Morgan fingerprint density at radius 2 is 2.11 bits per heavy atom. The first-order valence-corrected chi connectivity index (χ1v) is 6.21. The van der Waals surface area contributed by atoms with E-state index in [-0.39, 0.29) is 24.8 Å². The van der Waals surface area contributed by atoms with E-state index in [1.807, 2.05) is 0 Å². The highest BCUT2D eigenvalue weighted by molar-refractivity contribution is 6.19. The highest BCUT2D eigenvalue weighted by Crippen LogP contribution is 2.28. The van der Waals surface area contributed by atoms with E-state index in [9.17, 15) is 14.4 Å². The zero-order valence-electron chi connectivity index (χ0n) is 9.98. The molecule has 0 bridgehead atoms. The lowest BCUT2D eigenvalue weighted by Gasteiger charge is -2.28. The molecule has 0 saturated carbocycles. The van der Waals surface area contributed by atoms with Crippen molar-refractivity contribution in [3.05, 3.63) is 24.3 Å². The van der Waals surface area contributed by atoms with Gasteiger partial charge in [-0.15, -0.1) is 11.6 Å². The number of amides is 4. The quantitative estimate of drug-likeness (QED) is 0.802. The third-order valence-electron chi connectivity index (χ3n) is 2.58. The summed E-state index contributed by atoms with van der Waals surface area (Å²) >= 11 is 5.42. The van der Waals surface area contributed by atoms with Crippen LogP contribution in [0.25, 0.3) is 0 Å². The van der Waals surface area contributed by atoms with Gasteiger partial charge in [-0.05, 0) is 12.1 Å². The van der Waals surface area contributed by atoms with Crippen molar-refractivity contribution in [3.8, 4) is 0 Å². The maximum atomic E-state index is 12.0. The van der Waals surface area contributed by atoms with Gasteiger partial charge < -0.3 is 5.32 Å². The SMILES string of the molecule is O=C(CCCl)NC(=O)N1CC(=O)Nc2ccccc21. The summed E-state index contributed by atoms with van der Waals surface area (Å²) in [4.78, 5) is 36.0. The Hall–Kier alpha value is -2.08. The second-order valence-corrected chi connectivity index (χ2v) is 4.32.